The Morgan fingerprint density at radius 1 is 1.58 bits per heavy atom. The summed E-state index contributed by atoms with van der Waals surface area (Å²) >= 11 is 3.30. The van der Waals surface area contributed by atoms with Crippen molar-refractivity contribution in [3.05, 3.63) is 27.1 Å². The second kappa shape index (κ2) is 2.62. The van der Waals surface area contributed by atoms with Gasteiger partial charge in [0, 0.05) is 16.7 Å². The maximum atomic E-state index is 11.4. The molecule has 0 unspecified atom stereocenters. The average molecular weight is 229 g/mol. The Bertz CT molecular complexity index is 368. The van der Waals surface area contributed by atoms with E-state index in [1.165, 1.54) is 0 Å². The summed E-state index contributed by atoms with van der Waals surface area (Å²) in [7, 11) is 0. The molecule has 2 N–H and O–H groups in total. The van der Waals surface area contributed by atoms with Crippen LogP contribution in [0.15, 0.2) is 21.5 Å². The molecule has 1 heterocycles. The van der Waals surface area contributed by atoms with Crippen molar-refractivity contribution in [3.63, 3.8) is 0 Å². The third kappa shape index (κ3) is 1.27. The Labute approximate surface area is 78.3 Å². The Kier molecular flexibility index (Phi) is 1.72. The van der Waals surface area contributed by atoms with Gasteiger partial charge in [-0.05, 0) is 34.8 Å². The molecule has 64 valence electrons. The molecule has 0 saturated heterocycles. The third-order valence-corrected chi connectivity index (χ3v) is 2.41. The highest BCUT2D eigenvalue weighted by Gasteiger charge is 2.24. The number of aromatic nitrogens is 1. The first-order valence-corrected chi connectivity index (χ1v) is 4.65. The lowest BCUT2D eigenvalue weighted by molar-refractivity contribution is 0.707. The van der Waals surface area contributed by atoms with Crippen molar-refractivity contribution in [1.82, 2.24) is 4.57 Å². The van der Waals surface area contributed by atoms with E-state index in [0.29, 0.717) is 11.7 Å². The van der Waals surface area contributed by atoms with E-state index in [-0.39, 0.29) is 5.56 Å². The first kappa shape index (κ1) is 7.86. The van der Waals surface area contributed by atoms with E-state index in [0.717, 1.165) is 17.3 Å². The van der Waals surface area contributed by atoms with Gasteiger partial charge in [0.05, 0.1) is 5.69 Å². The molecule has 1 aromatic heterocycles. The topological polar surface area (TPSA) is 48.0 Å². The zero-order chi connectivity index (χ0) is 8.72. The predicted octanol–water partition coefficient (Wildman–Crippen LogP) is 1.53. The molecule has 0 aliphatic heterocycles. The van der Waals surface area contributed by atoms with Crippen molar-refractivity contribution in [3.8, 4) is 0 Å². The van der Waals surface area contributed by atoms with E-state index in [2.05, 4.69) is 15.9 Å². The fraction of sp³-hybridized carbons (Fsp3) is 0.375. The van der Waals surface area contributed by atoms with Gasteiger partial charge in [-0.25, -0.2) is 0 Å². The van der Waals surface area contributed by atoms with Gasteiger partial charge in [-0.15, -0.1) is 0 Å². The Balaban J connectivity index is 2.58. The highest BCUT2D eigenvalue weighted by atomic mass is 79.9. The summed E-state index contributed by atoms with van der Waals surface area (Å²) in [5, 5.41) is 0. The van der Waals surface area contributed by atoms with E-state index in [1.54, 1.807) is 16.8 Å². The van der Waals surface area contributed by atoms with Gasteiger partial charge >= 0.3 is 0 Å². The fourth-order valence-electron chi connectivity index (χ4n) is 1.21. The molecule has 12 heavy (non-hydrogen) atoms. The minimum absolute atomic E-state index is 0.0688. The maximum absolute atomic E-state index is 11.4. The average Bonchev–Trinajstić information content (AvgIpc) is 2.79. The van der Waals surface area contributed by atoms with Crippen LogP contribution in [0.2, 0.25) is 0 Å². The second-order valence-corrected chi connectivity index (χ2v) is 3.97. The van der Waals surface area contributed by atoms with Gasteiger partial charge in [-0.1, -0.05) is 0 Å². The number of rotatable bonds is 1. The van der Waals surface area contributed by atoms with Gasteiger partial charge in [0.2, 0.25) is 0 Å². The quantitative estimate of drug-likeness (QED) is 0.793. The number of hydrogen-bond acceptors (Lipinski definition) is 2. The van der Waals surface area contributed by atoms with Crippen LogP contribution in [-0.2, 0) is 0 Å². The molecule has 0 aromatic carbocycles. The standard InChI is InChI=1S/C8H9BrN2O/c9-5-3-7(10)8(12)11(4-5)6-1-2-6/h3-4,6H,1-2,10H2. The molecule has 3 nitrogen and oxygen atoms in total. The largest absolute Gasteiger partial charge is 0.394 e. The van der Waals surface area contributed by atoms with Crippen molar-refractivity contribution in [1.29, 1.82) is 0 Å². The Morgan fingerprint density at radius 2 is 2.25 bits per heavy atom. The second-order valence-electron chi connectivity index (χ2n) is 3.06. The van der Waals surface area contributed by atoms with Crippen molar-refractivity contribution in [2.75, 3.05) is 5.73 Å². The first-order valence-electron chi connectivity index (χ1n) is 3.85. The van der Waals surface area contributed by atoms with Crippen LogP contribution in [-0.4, -0.2) is 4.57 Å². The van der Waals surface area contributed by atoms with Crippen LogP contribution in [0.3, 0.4) is 0 Å². The zero-order valence-electron chi connectivity index (χ0n) is 6.46. The molecular weight excluding hydrogens is 220 g/mol. The lowest BCUT2D eigenvalue weighted by Gasteiger charge is -2.04. The van der Waals surface area contributed by atoms with Crippen molar-refractivity contribution in [2.24, 2.45) is 0 Å². The van der Waals surface area contributed by atoms with Crippen LogP contribution >= 0.6 is 15.9 Å². The normalized spacial score (nSPS) is 16.4. The molecule has 0 amide bonds. The number of hydrogen-bond donors (Lipinski definition) is 1. The fourth-order valence-corrected chi connectivity index (χ4v) is 1.68. The van der Waals surface area contributed by atoms with Crippen LogP contribution in [0.5, 0.6) is 0 Å². The van der Waals surface area contributed by atoms with Gasteiger partial charge in [-0.3, -0.25) is 4.79 Å². The van der Waals surface area contributed by atoms with E-state index >= 15 is 0 Å². The summed E-state index contributed by atoms with van der Waals surface area (Å²) < 4.78 is 2.57. The Hall–Kier alpha value is -0.770. The zero-order valence-corrected chi connectivity index (χ0v) is 8.04. The number of halogens is 1. The smallest absolute Gasteiger partial charge is 0.273 e. The monoisotopic (exact) mass is 228 g/mol. The number of nitrogens with two attached hydrogens (primary N) is 1. The third-order valence-electron chi connectivity index (χ3n) is 1.98. The molecule has 1 aliphatic rings. The first-order chi connectivity index (χ1) is 5.68. The lowest BCUT2D eigenvalue weighted by Crippen LogP contribution is -2.21. The number of nitrogens with zero attached hydrogens (tertiary/aromatic N) is 1. The summed E-state index contributed by atoms with van der Waals surface area (Å²) in [6.45, 7) is 0. The molecule has 0 atom stereocenters. The molecule has 4 heteroatoms. The summed E-state index contributed by atoms with van der Waals surface area (Å²) in [6, 6.07) is 2.03. The van der Waals surface area contributed by atoms with Crippen LogP contribution in [0.1, 0.15) is 18.9 Å². The van der Waals surface area contributed by atoms with Crippen molar-refractivity contribution >= 4 is 21.6 Å². The van der Waals surface area contributed by atoms with Crippen LogP contribution < -0.4 is 11.3 Å². The molecule has 1 saturated carbocycles. The van der Waals surface area contributed by atoms with E-state index < -0.39 is 0 Å². The van der Waals surface area contributed by atoms with Gasteiger partial charge in [0.15, 0.2) is 0 Å². The van der Waals surface area contributed by atoms with Crippen LogP contribution in [0, 0.1) is 0 Å². The van der Waals surface area contributed by atoms with Gasteiger partial charge in [-0.2, -0.15) is 0 Å². The minimum Gasteiger partial charge on any atom is -0.394 e. The highest BCUT2D eigenvalue weighted by molar-refractivity contribution is 9.10. The van der Waals surface area contributed by atoms with Gasteiger partial charge in [0.25, 0.3) is 5.56 Å². The molecule has 0 bridgehead atoms. The van der Waals surface area contributed by atoms with E-state index in [9.17, 15) is 4.79 Å². The summed E-state index contributed by atoms with van der Waals surface area (Å²) in [5.74, 6) is 0. The molecule has 1 aliphatic carbocycles. The number of anilines is 1. The maximum Gasteiger partial charge on any atom is 0.273 e. The highest BCUT2D eigenvalue weighted by Crippen LogP contribution is 2.34. The summed E-state index contributed by atoms with van der Waals surface area (Å²) in [6.07, 6.45) is 3.99. The summed E-state index contributed by atoms with van der Waals surface area (Å²) in [4.78, 5) is 11.4. The molecular formula is C8H9BrN2O. The molecule has 0 spiro atoms. The van der Waals surface area contributed by atoms with Crippen LogP contribution in [0.25, 0.3) is 0 Å². The molecule has 1 fully saturated rings. The van der Waals surface area contributed by atoms with Crippen molar-refractivity contribution in [2.45, 2.75) is 18.9 Å². The number of pyridine rings is 1. The predicted molar refractivity (Wildman–Crippen MR) is 51.1 cm³/mol. The lowest BCUT2D eigenvalue weighted by atomic mass is 10.4. The Morgan fingerprint density at radius 3 is 2.83 bits per heavy atom. The van der Waals surface area contributed by atoms with Crippen LogP contribution in [0.4, 0.5) is 5.69 Å². The van der Waals surface area contributed by atoms with E-state index in [1.807, 2.05) is 0 Å². The SMILES string of the molecule is Nc1cc(Br)cn(C2CC2)c1=O. The molecule has 1 aromatic rings. The van der Waals surface area contributed by atoms with E-state index in [4.69, 9.17) is 5.73 Å². The minimum atomic E-state index is -0.0688. The summed E-state index contributed by atoms with van der Waals surface area (Å²) in [5.41, 5.74) is 5.77. The van der Waals surface area contributed by atoms with Crippen molar-refractivity contribution < 1.29 is 0 Å². The van der Waals surface area contributed by atoms with Gasteiger partial charge < -0.3 is 10.3 Å². The number of nitrogen functional groups attached to an aromatic ring is 1. The molecule has 2 rings (SSSR count). The molecule has 0 radical (unpaired) electrons. The van der Waals surface area contributed by atoms with Gasteiger partial charge in [0.1, 0.15) is 0 Å².